The molecule has 1 aromatic rings. The van der Waals surface area contributed by atoms with E-state index in [1.807, 2.05) is 12.1 Å². The number of hydrogen-bond donors (Lipinski definition) is 1. The first-order valence-electron chi connectivity index (χ1n) is 6.19. The van der Waals surface area contributed by atoms with Crippen molar-refractivity contribution in [2.75, 3.05) is 13.2 Å². The molecular formula is C13H21N3O. The molecule has 0 amide bonds. The van der Waals surface area contributed by atoms with Crippen molar-refractivity contribution in [2.45, 2.75) is 39.1 Å². The Hall–Kier alpha value is -0.970. The summed E-state index contributed by atoms with van der Waals surface area (Å²) in [7, 11) is 0. The minimum absolute atomic E-state index is 0.309. The molecule has 1 saturated heterocycles. The van der Waals surface area contributed by atoms with Crippen molar-refractivity contribution in [1.82, 2.24) is 9.88 Å². The summed E-state index contributed by atoms with van der Waals surface area (Å²) in [6.45, 7) is 7.46. The number of pyridine rings is 1. The van der Waals surface area contributed by atoms with Crippen molar-refractivity contribution in [3.63, 3.8) is 0 Å². The van der Waals surface area contributed by atoms with E-state index >= 15 is 0 Å². The fraction of sp³-hybridized carbons (Fsp3) is 0.615. The van der Waals surface area contributed by atoms with Gasteiger partial charge in [-0.2, -0.15) is 0 Å². The van der Waals surface area contributed by atoms with Crippen molar-refractivity contribution in [3.05, 3.63) is 29.6 Å². The molecule has 2 heterocycles. The predicted molar refractivity (Wildman–Crippen MR) is 67.4 cm³/mol. The Morgan fingerprint density at radius 3 is 2.94 bits per heavy atom. The summed E-state index contributed by atoms with van der Waals surface area (Å²) in [5.41, 5.74) is 7.65. The van der Waals surface area contributed by atoms with E-state index in [2.05, 4.69) is 29.8 Å². The number of hydrogen-bond acceptors (Lipinski definition) is 4. The Labute approximate surface area is 103 Å². The third-order valence-corrected chi connectivity index (χ3v) is 3.18. The fourth-order valence-electron chi connectivity index (χ4n) is 2.13. The van der Waals surface area contributed by atoms with Crippen LogP contribution < -0.4 is 5.73 Å². The Morgan fingerprint density at radius 2 is 2.18 bits per heavy atom. The van der Waals surface area contributed by atoms with Crippen LogP contribution in [0.15, 0.2) is 18.2 Å². The Kier molecular flexibility index (Phi) is 4.10. The summed E-state index contributed by atoms with van der Waals surface area (Å²) in [6, 6.07) is 6.51. The van der Waals surface area contributed by atoms with Gasteiger partial charge in [0.15, 0.2) is 0 Å². The van der Waals surface area contributed by atoms with Crippen LogP contribution >= 0.6 is 0 Å². The van der Waals surface area contributed by atoms with E-state index in [1.54, 1.807) is 0 Å². The van der Waals surface area contributed by atoms with Crippen LogP contribution in [0.2, 0.25) is 0 Å². The molecule has 1 aromatic heterocycles. The molecule has 2 unspecified atom stereocenters. The molecule has 1 fully saturated rings. The molecule has 0 aromatic carbocycles. The van der Waals surface area contributed by atoms with Gasteiger partial charge in [-0.3, -0.25) is 9.88 Å². The highest BCUT2D eigenvalue weighted by Crippen LogP contribution is 2.14. The monoisotopic (exact) mass is 235 g/mol. The summed E-state index contributed by atoms with van der Waals surface area (Å²) < 4.78 is 5.62. The van der Waals surface area contributed by atoms with Gasteiger partial charge in [-0.25, -0.2) is 0 Å². The summed E-state index contributed by atoms with van der Waals surface area (Å²) in [5, 5.41) is 0. The zero-order valence-electron chi connectivity index (χ0n) is 10.6. The molecule has 0 radical (unpaired) electrons. The number of morpholine rings is 1. The van der Waals surface area contributed by atoms with Gasteiger partial charge < -0.3 is 10.5 Å². The quantitative estimate of drug-likeness (QED) is 0.854. The van der Waals surface area contributed by atoms with Crippen LogP contribution in [0.25, 0.3) is 0 Å². The van der Waals surface area contributed by atoms with E-state index < -0.39 is 0 Å². The van der Waals surface area contributed by atoms with Gasteiger partial charge in [-0.1, -0.05) is 6.07 Å². The Morgan fingerprint density at radius 1 is 1.41 bits per heavy atom. The van der Waals surface area contributed by atoms with Gasteiger partial charge in [0, 0.05) is 25.7 Å². The van der Waals surface area contributed by atoms with E-state index in [9.17, 15) is 0 Å². The zero-order chi connectivity index (χ0) is 12.3. The molecular weight excluding hydrogens is 214 g/mol. The van der Waals surface area contributed by atoms with E-state index in [1.165, 1.54) is 0 Å². The first kappa shape index (κ1) is 12.5. The average Bonchev–Trinajstić information content (AvgIpc) is 2.34. The molecule has 0 spiro atoms. The number of nitrogens with zero attached hydrogens (tertiary/aromatic N) is 2. The SMILES string of the molecule is CC1CN(Cc2cccc(CN)n2)C(C)CO1. The maximum Gasteiger partial charge on any atom is 0.0674 e. The topological polar surface area (TPSA) is 51.4 Å². The molecule has 2 atom stereocenters. The number of aromatic nitrogens is 1. The van der Waals surface area contributed by atoms with Crippen LogP contribution in [0.1, 0.15) is 25.2 Å². The molecule has 1 aliphatic rings. The summed E-state index contributed by atoms with van der Waals surface area (Å²) in [5.74, 6) is 0. The normalized spacial score (nSPS) is 26.1. The first-order valence-corrected chi connectivity index (χ1v) is 6.19. The predicted octanol–water partition coefficient (Wildman–Crippen LogP) is 1.15. The van der Waals surface area contributed by atoms with Crippen LogP contribution in [-0.2, 0) is 17.8 Å². The van der Waals surface area contributed by atoms with Crippen LogP contribution in [0.5, 0.6) is 0 Å². The minimum atomic E-state index is 0.309. The second kappa shape index (κ2) is 5.58. The third-order valence-electron chi connectivity index (χ3n) is 3.18. The van der Waals surface area contributed by atoms with Gasteiger partial charge in [0.2, 0.25) is 0 Å². The number of ether oxygens (including phenoxy) is 1. The van der Waals surface area contributed by atoms with E-state index in [0.29, 0.717) is 18.7 Å². The van der Waals surface area contributed by atoms with Crippen molar-refractivity contribution >= 4 is 0 Å². The smallest absolute Gasteiger partial charge is 0.0674 e. The Bertz CT molecular complexity index is 369. The largest absolute Gasteiger partial charge is 0.376 e. The van der Waals surface area contributed by atoms with Crippen LogP contribution in [0.4, 0.5) is 0 Å². The number of nitrogens with two attached hydrogens (primary N) is 1. The van der Waals surface area contributed by atoms with Gasteiger partial charge in [0.05, 0.1) is 24.1 Å². The summed E-state index contributed by atoms with van der Waals surface area (Å²) in [4.78, 5) is 6.95. The maximum absolute atomic E-state index is 5.62. The molecule has 0 aliphatic carbocycles. The van der Waals surface area contributed by atoms with Gasteiger partial charge in [-0.15, -0.1) is 0 Å². The van der Waals surface area contributed by atoms with E-state index in [4.69, 9.17) is 10.5 Å². The maximum atomic E-state index is 5.62. The molecule has 0 saturated carbocycles. The minimum Gasteiger partial charge on any atom is -0.376 e. The second-order valence-corrected chi connectivity index (χ2v) is 4.75. The third kappa shape index (κ3) is 3.25. The molecule has 2 N–H and O–H groups in total. The van der Waals surface area contributed by atoms with E-state index in [0.717, 1.165) is 31.1 Å². The lowest BCUT2D eigenvalue weighted by atomic mass is 10.2. The lowest BCUT2D eigenvalue weighted by Crippen LogP contribution is -2.46. The van der Waals surface area contributed by atoms with Gasteiger partial charge in [0.1, 0.15) is 0 Å². The van der Waals surface area contributed by atoms with Crippen molar-refractivity contribution in [1.29, 1.82) is 0 Å². The summed E-state index contributed by atoms with van der Waals surface area (Å²) in [6.07, 6.45) is 0.309. The van der Waals surface area contributed by atoms with Crippen LogP contribution in [0, 0.1) is 0 Å². The van der Waals surface area contributed by atoms with Crippen LogP contribution in [0.3, 0.4) is 0 Å². The molecule has 1 aliphatic heterocycles. The highest BCUT2D eigenvalue weighted by atomic mass is 16.5. The Balaban J connectivity index is 2.03. The van der Waals surface area contributed by atoms with E-state index in [-0.39, 0.29) is 0 Å². The molecule has 2 rings (SSSR count). The van der Waals surface area contributed by atoms with Crippen molar-refractivity contribution in [2.24, 2.45) is 5.73 Å². The van der Waals surface area contributed by atoms with Gasteiger partial charge in [0.25, 0.3) is 0 Å². The number of rotatable bonds is 3. The lowest BCUT2D eigenvalue weighted by Gasteiger charge is -2.36. The highest BCUT2D eigenvalue weighted by Gasteiger charge is 2.23. The molecule has 4 heteroatoms. The van der Waals surface area contributed by atoms with Crippen molar-refractivity contribution < 1.29 is 4.74 Å². The zero-order valence-corrected chi connectivity index (χ0v) is 10.6. The molecule has 0 bridgehead atoms. The lowest BCUT2D eigenvalue weighted by molar-refractivity contribution is -0.0530. The van der Waals surface area contributed by atoms with Crippen molar-refractivity contribution in [3.8, 4) is 0 Å². The standard InChI is InChI=1S/C13H21N3O/c1-10-9-17-11(2)7-16(10)8-13-5-3-4-12(6-14)15-13/h3-5,10-11H,6-9,14H2,1-2H3. The first-order chi connectivity index (χ1) is 8.19. The molecule has 4 nitrogen and oxygen atoms in total. The van der Waals surface area contributed by atoms with Crippen LogP contribution in [-0.4, -0.2) is 35.2 Å². The molecule has 94 valence electrons. The fourth-order valence-corrected chi connectivity index (χ4v) is 2.13. The molecule has 17 heavy (non-hydrogen) atoms. The van der Waals surface area contributed by atoms with Gasteiger partial charge >= 0.3 is 0 Å². The summed E-state index contributed by atoms with van der Waals surface area (Å²) >= 11 is 0. The average molecular weight is 235 g/mol. The second-order valence-electron chi connectivity index (χ2n) is 4.75. The van der Waals surface area contributed by atoms with Gasteiger partial charge in [-0.05, 0) is 26.0 Å². The highest BCUT2D eigenvalue weighted by molar-refractivity contribution is 5.11.